The molecule has 1 unspecified atom stereocenters. The molecule has 1 aromatic heterocycles. The topological polar surface area (TPSA) is 55.1 Å². The van der Waals surface area contributed by atoms with Crippen molar-refractivity contribution in [1.82, 2.24) is 20.7 Å². The average molecular weight is 368 g/mol. The van der Waals surface area contributed by atoms with E-state index >= 15 is 0 Å². The van der Waals surface area contributed by atoms with E-state index in [4.69, 9.17) is 0 Å². The van der Waals surface area contributed by atoms with Gasteiger partial charge in [-0.15, -0.1) is 0 Å². The van der Waals surface area contributed by atoms with Gasteiger partial charge < -0.3 is 21.0 Å². The monoisotopic (exact) mass is 367 g/mol. The number of hydrogen-bond acceptors (Lipinski definition) is 4. The van der Waals surface area contributed by atoms with Crippen LogP contribution in [0.5, 0.6) is 0 Å². The zero-order chi connectivity index (χ0) is 19.0. The van der Waals surface area contributed by atoms with Crippen LogP contribution in [0.3, 0.4) is 0 Å². The largest absolute Gasteiger partial charge is 0.372 e. The number of H-pyrrole nitrogens is 1. The molecule has 0 spiro atoms. The summed E-state index contributed by atoms with van der Waals surface area (Å²) < 4.78 is 0. The number of hydrazine groups is 1. The molecule has 146 valence electrons. The minimum Gasteiger partial charge on any atom is -0.372 e. The van der Waals surface area contributed by atoms with E-state index in [0.717, 1.165) is 18.8 Å². The summed E-state index contributed by atoms with van der Waals surface area (Å²) in [4.78, 5) is 3.70. The van der Waals surface area contributed by atoms with Crippen LogP contribution in [0.15, 0.2) is 35.5 Å². The van der Waals surface area contributed by atoms with Crippen LogP contribution in [0, 0.1) is 5.41 Å². The highest BCUT2D eigenvalue weighted by atomic mass is 15.5. The van der Waals surface area contributed by atoms with Crippen molar-refractivity contribution in [3.05, 3.63) is 41.2 Å². The minimum absolute atomic E-state index is 0.301. The first-order valence-corrected chi connectivity index (χ1v) is 10.2. The van der Waals surface area contributed by atoms with Crippen molar-refractivity contribution in [2.24, 2.45) is 5.41 Å². The Hall–Kier alpha value is -1.98. The third-order valence-corrected chi connectivity index (χ3v) is 6.17. The third kappa shape index (κ3) is 3.71. The van der Waals surface area contributed by atoms with Crippen LogP contribution in [-0.2, 0) is 0 Å². The Labute approximate surface area is 162 Å². The van der Waals surface area contributed by atoms with Gasteiger partial charge in [0.25, 0.3) is 0 Å². The first-order valence-electron chi connectivity index (χ1n) is 10.2. The average Bonchev–Trinajstić information content (AvgIpc) is 3.16. The van der Waals surface area contributed by atoms with Gasteiger partial charge in [-0.3, -0.25) is 0 Å². The second-order valence-corrected chi connectivity index (χ2v) is 8.88. The number of anilines is 1. The highest BCUT2D eigenvalue weighted by Gasteiger charge is 2.34. The molecule has 1 aromatic carbocycles. The lowest BCUT2D eigenvalue weighted by Crippen LogP contribution is -2.30. The number of rotatable bonds is 4. The molecule has 1 aliphatic heterocycles. The fourth-order valence-electron chi connectivity index (χ4n) is 4.59. The molecular weight excluding hydrogens is 334 g/mol. The van der Waals surface area contributed by atoms with Gasteiger partial charge in [0.1, 0.15) is 0 Å². The number of nitrogens with zero attached hydrogens (tertiary/aromatic N) is 1. The molecule has 5 nitrogen and oxygen atoms in total. The molecule has 1 aliphatic carbocycles. The van der Waals surface area contributed by atoms with Gasteiger partial charge in [0.15, 0.2) is 0 Å². The van der Waals surface area contributed by atoms with Crippen molar-refractivity contribution in [2.45, 2.75) is 52.0 Å². The van der Waals surface area contributed by atoms with Gasteiger partial charge in [0.2, 0.25) is 0 Å². The van der Waals surface area contributed by atoms with Gasteiger partial charge in [-0.05, 0) is 73.7 Å². The molecule has 0 bridgehead atoms. The molecule has 4 N–H and O–H groups in total. The van der Waals surface area contributed by atoms with Crippen LogP contribution in [0.2, 0.25) is 0 Å². The van der Waals surface area contributed by atoms with Crippen molar-refractivity contribution in [3.8, 4) is 0 Å². The summed E-state index contributed by atoms with van der Waals surface area (Å²) in [5.74, 6) is 0. The fraction of sp³-hybridized carbons (Fsp3) is 0.545. The maximum absolute atomic E-state index is 3.70. The molecule has 2 aliphatic rings. The molecule has 2 aromatic rings. The van der Waals surface area contributed by atoms with Gasteiger partial charge in [-0.1, -0.05) is 19.9 Å². The first-order chi connectivity index (χ1) is 13.0. The first kappa shape index (κ1) is 18.4. The van der Waals surface area contributed by atoms with Gasteiger partial charge in [-0.25, -0.2) is 5.01 Å². The standard InChI is InChI=1S/C22H33N5/c1-22(2)10-5-6-18-17(9-11-22)21(27(4)26-18)20-12-15-7-8-16(24-14-23-3)13-19(15)25-20/h7-8,12-13,21,23-26H,5-6,9-11,14H2,1-4H3. The van der Waals surface area contributed by atoms with Gasteiger partial charge >= 0.3 is 0 Å². The molecular formula is C22H33N5. The Bertz CT molecular complexity index is 848. The summed E-state index contributed by atoms with van der Waals surface area (Å²) in [6.07, 6.45) is 6.18. The number of nitrogens with one attached hydrogen (secondary N) is 4. The molecule has 4 rings (SSSR count). The van der Waals surface area contributed by atoms with Crippen molar-refractivity contribution < 1.29 is 0 Å². The molecule has 0 amide bonds. The summed E-state index contributed by atoms with van der Waals surface area (Å²) in [5.41, 5.74) is 10.7. The lowest BCUT2D eigenvalue weighted by Gasteiger charge is -2.28. The third-order valence-electron chi connectivity index (χ3n) is 6.17. The van der Waals surface area contributed by atoms with Crippen molar-refractivity contribution in [1.29, 1.82) is 0 Å². The van der Waals surface area contributed by atoms with Crippen LogP contribution in [0.4, 0.5) is 5.69 Å². The molecule has 1 atom stereocenters. The summed E-state index contributed by atoms with van der Waals surface area (Å²) in [6, 6.07) is 9.17. The van der Waals surface area contributed by atoms with E-state index in [1.165, 1.54) is 48.0 Å². The van der Waals surface area contributed by atoms with Crippen LogP contribution in [-0.4, -0.2) is 30.8 Å². The molecule has 0 saturated heterocycles. The molecule has 27 heavy (non-hydrogen) atoms. The van der Waals surface area contributed by atoms with E-state index in [1.54, 1.807) is 5.57 Å². The van der Waals surface area contributed by atoms with E-state index in [2.05, 4.69) is 71.2 Å². The van der Waals surface area contributed by atoms with E-state index in [9.17, 15) is 0 Å². The predicted molar refractivity (Wildman–Crippen MR) is 113 cm³/mol. The zero-order valence-electron chi connectivity index (χ0n) is 17.1. The quantitative estimate of drug-likeness (QED) is 0.602. The number of fused-ring (bicyclic) bond motifs is 1. The Morgan fingerprint density at radius 3 is 2.85 bits per heavy atom. The van der Waals surface area contributed by atoms with E-state index < -0.39 is 0 Å². The number of likely N-dealkylation sites (N-methyl/N-ethyl adjacent to an activating group) is 1. The number of aromatic amines is 1. The SMILES string of the molecule is CNCNc1ccc2cc(C3C4=C(CCCC(C)(C)CC4)NN3C)[nH]c2c1. The minimum atomic E-state index is 0.301. The summed E-state index contributed by atoms with van der Waals surface area (Å²) in [7, 11) is 4.12. The van der Waals surface area contributed by atoms with Crippen molar-refractivity contribution in [2.75, 3.05) is 26.1 Å². The van der Waals surface area contributed by atoms with Crippen LogP contribution < -0.4 is 16.1 Å². The summed E-state index contributed by atoms with van der Waals surface area (Å²) >= 11 is 0. The number of benzene rings is 1. The Kier molecular flexibility index (Phi) is 4.91. The highest BCUT2D eigenvalue weighted by molar-refractivity contribution is 5.84. The highest BCUT2D eigenvalue weighted by Crippen LogP contribution is 2.43. The van der Waals surface area contributed by atoms with Crippen molar-refractivity contribution >= 4 is 16.6 Å². The fourth-order valence-corrected chi connectivity index (χ4v) is 4.59. The number of allylic oxidation sites excluding steroid dienone is 1. The van der Waals surface area contributed by atoms with Gasteiger partial charge in [-0.2, -0.15) is 0 Å². The van der Waals surface area contributed by atoms with E-state index in [0.29, 0.717) is 11.5 Å². The van der Waals surface area contributed by atoms with Crippen LogP contribution in [0.25, 0.3) is 10.9 Å². The van der Waals surface area contributed by atoms with Gasteiger partial charge in [0.05, 0.1) is 12.7 Å². The molecule has 2 heterocycles. The Balaban J connectivity index is 1.64. The van der Waals surface area contributed by atoms with Gasteiger partial charge in [0, 0.05) is 29.6 Å². The number of aromatic nitrogens is 1. The lowest BCUT2D eigenvalue weighted by atomic mass is 9.78. The van der Waals surface area contributed by atoms with E-state index in [1.807, 2.05) is 7.05 Å². The smallest absolute Gasteiger partial charge is 0.0916 e. The van der Waals surface area contributed by atoms with Crippen LogP contribution in [0.1, 0.15) is 57.7 Å². The predicted octanol–water partition coefficient (Wildman–Crippen LogP) is 4.49. The molecule has 0 saturated carbocycles. The van der Waals surface area contributed by atoms with Crippen molar-refractivity contribution in [3.63, 3.8) is 0 Å². The molecule has 5 heteroatoms. The lowest BCUT2D eigenvalue weighted by molar-refractivity contribution is 0.237. The molecule has 0 radical (unpaired) electrons. The second kappa shape index (κ2) is 7.21. The Morgan fingerprint density at radius 1 is 1.19 bits per heavy atom. The van der Waals surface area contributed by atoms with Crippen LogP contribution >= 0.6 is 0 Å². The van der Waals surface area contributed by atoms with E-state index in [-0.39, 0.29) is 0 Å². The Morgan fingerprint density at radius 2 is 2.04 bits per heavy atom. The maximum Gasteiger partial charge on any atom is 0.0916 e. The summed E-state index contributed by atoms with van der Waals surface area (Å²) in [5, 5.41) is 10.1. The second-order valence-electron chi connectivity index (χ2n) is 8.88. The summed E-state index contributed by atoms with van der Waals surface area (Å²) in [6.45, 7) is 5.60. The molecule has 0 fully saturated rings. The maximum atomic E-state index is 3.70. The number of hydrogen-bond donors (Lipinski definition) is 4. The normalized spacial score (nSPS) is 23.0. The zero-order valence-corrected chi connectivity index (χ0v) is 17.1.